The summed E-state index contributed by atoms with van der Waals surface area (Å²) >= 11 is 0. The van der Waals surface area contributed by atoms with Crippen LogP contribution in [0.2, 0.25) is 0 Å². The fourth-order valence-corrected chi connectivity index (χ4v) is 1.69. The van der Waals surface area contributed by atoms with Crippen molar-refractivity contribution >= 4 is 11.2 Å². The van der Waals surface area contributed by atoms with Crippen LogP contribution < -0.4 is 4.74 Å². The summed E-state index contributed by atoms with van der Waals surface area (Å²) in [6, 6.07) is 13.4. The second-order valence-electron chi connectivity index (χ2n) is 3.84. The van der Waals surface area contributed by atoms with Gasteiger partial charge in [0, 0.05) is 6.20 Å². The molecule has 90 valence electrons. The molecule has 2 heterocycles. The van der Waals surface area contributed by atoms with Crippen molar-refractivity contribution in [3.63, 3.8) is 0 Å². The number of pyridine rings is 1. The standard InChI is InChI=1S/C14H12N2O2/c1-2-5-11(6-3-1)17-10-8-13-16-14-12(18-13)7-4-9-15-14/h1-7,9H,8,10H2. The van der Waals surface area contributed by atoms with Crippen LogP contribution in [0, 0.1) is 0 Å². The predicted octanol–water partition coefficient (Wildman–Crippen LogP) is 2.84. The Kier molecular flexibility index (Phi) is 2.92. The molecule has 0 fully saturated rings. The number of fused-ring (bicyclic) bond motifs is 1. The molecule has 3 rings (SSSR count). The highest BCUT2D eigenvalue weighted by molar-refractivity contribution is 5.66. The van der Waals surface area contributed by atoms with Crippen molar-refractivity contribution in [1.82, 2.24) is 9.97 Å². The molecule has 0 bridgehead atoms. The van der Waals surface area contributed by atoms with Crippen LogP contribution in [0.4, 0.5) is 0 Å². The minimum absolute atomic E-state index is 0.539. The van der Waals surface area contributed by atoms with E-state index >= 15 is 0 Å². The molecular weight excluding hydrogens is 228 g/mol. The molecule has 0 aliphatic heterocycles. The van der Waals surface area contributed by atoms with E-state index in [4.69, 9.17) is 9.15 Å². The fourth-order valence-electron chi connectivity index (χ4n) is 1.69. The number of aromatic nitrogens is 2. The maximum Gasteiger partial charge on any atom is 0.200 e. The number of hydrogen-bond donors (Lipinski definition) is 0. The van der Waals surface area contributed by atoms with Crippen LogP contribution in [0.1, 0.15) is 5.89 Å². The van der Waals surface area contributed by atoms with Gasteiger partial charge in [-0.05, 0) is 24.3 Å². The van der Waals surface area contributed by atoms with Gasteiger partial charge in [0.1, 0.15) is 5.75 Å². The van der Waals surface area contributed by atoms with E-state index in [0.717, 1.165) is 5.75 Å². The highest BCUT2D eigenvalue weighted by atomic mass is 16.5. The van der Waals surface area contributed by atoms with Crippen LogP contribution >= 0.6 is 0 Å². The fraction of sp³-hybridized carbons (Fsp3) is 0.143. The molecule has 18 heavy (non-hydrogen) atoms. The highest BCUT2D eigenvalue weighted by Gasteiger charge is 2.05. The molecule has 1 aromatic carbocycles. The summed E-state index contributed by atoms with van der Waals surface area (Å²) in [5, 5.41) is 0. The van der Waals surface area contributed by atoms with E-state index in [1.54, 1.807) is 6.20 Å². The Hall–Kier alpha value is -2.36. The van der Waals surface area contributed by atoms with Crippen LogP contribution in [-0.2, 0) is 6.42 Å². The SMILES string of the molecule is c1ccc(OCCc2nc3ncccc3o2)cc1. The van der Waals surface area contributed by atoms with Gasteiger partial charge in [-0.3, -0.25) is 0 Å². The molecule has 4 heteroatoms. The normalized spacial score (nSPS) is 10.7. The van der Waals surface area contributed by atoms with Crippen LogP contribution in [-0.4, -0.2) is 16.6 Å². The van der Waals surface area contributed by atoms with Crippen molar-refractivity contribution < 1.29 is 9.15 Å². The third-order valence-electron chi connectivity index (χ3n) is 2.54. The molecule has 4 nitrogen and oxygen atoms in total. The van der Waals surface area contributed by atoms with E-state index < -0.39 is 0 Å². The summed E-state index contributed by atoms with van der Waals surface area (Å²) in [6.45, 7) is 0.539. The van der Waals surface area contributed by atoms with E-state index in [1.807, 2.05) is 42.5 Å². The lowest BCUT2D eigenvalue weighted by molar-refractivity contribution is 0.308. The van der Waals surface area contributed by atoms with Gasteiger partial charge in [0.15, 0.2) is 17.1 Å². The van der Waals surface area contributed by atoms with E-state index in [-0.39, 0.29) is 0 Å². The third-order valence-corrected chi connectivity index (χ3v) is 2.54. The molecular formula is C14H12N2O2. The smallest absolute Gasteiger partial charge is 0.200 e. The van der Waals surface area contributed by atoms with Gasteiger partial charge >= 0.3 is 0 Å². The second-order valence-corrected chi connectivity index (χ2v) is 3.84. The first kappa shape index (κ1) is 10.8. The van der Waals surface area contributed by atoms with Crippen LogP contribution in [0.15, 0.2) is 53.1 Å². The molecule has 2 aromatic heterocycles. The van der Waals surface area contributed by atoms with Crippen molar-refractivity contribution in [2.45, 2.75) is 6.42 Å². The van der Waals surface area contributed by atoms with Crippen molar-refractivity contribution in [3.8, 4) is 5.75 Å². The highest BCUT2D eigenvalue weighted by Crippen LogP contribution is 2.13. The molecule has 0 aliphatic rings. The molecule has 0 N–H and O–H groups in total. The van der Waals surface area contributed by atoms with Gasteiger partial charge in [0.25, 0.3) is 0 Å². The molecule has 0 unspecified atom stereocenters. The molecule has 0 atom stereocenters. The second kappa shape index (κ2) is 4.87. The van der Waals surface area contributed by atoms with Crippen LogP contribution in [0.5, 0.6) is 5.75 Å². The lowest BCUT2D eigenvalue weighted by Crippen LogP contribution is -2.01. The van der Waals surface area contributed by atoms with Crippen LogP contribution in [0.3, 0.4) is 0 Å². The minimum Gasteiger partial charge on any atom is -0.493 e. The van der Waals surface area contributed by atoms with Crippen LogP contribution in [0.25, 0.3) is 11.2 Å². The molecule has 0 amide bonds. The maximum atomic E-state index is 5.59. The van der Waals surface area contributed by atoms with E-state index in [1.165, 1.54) is 0 Å². The van der Waals surface area contributed by atoms with E-state index in [0.29, 0.717) is 30.1 Å². The quantitative estimate of drug-likeness (QED) is 0.703. The van der Waals surface area contributed by atoms with Gasteiger partial charge in [-0.1, -0.05) is 18.2 Å². The lowest BCUT2D eigenvalue weighted by atomic mass is 10.3. The summed E-state index contributed by atoms with van der Waals surface area (Å²) in [5.74, 6) is 1.51. The van der Waals surface area contributed by atoms with Gasteiger partial charge in [-0.2, -0.15) is 4.98 Å². The zero-order valence-electron chi connectivity index (χ0n) is 9.74. The Bertz CT molecular complexity index is 601. The first-order valence-electron chi connectivity index (χ1n) is 5.80. The number of benzene rings is 1. The minimum atomic E-state index is 0.539. The zero-order valence-corrected chi connectivity index (χ0v) is 9.74. The summed E-state index contributed by atoms with van der Waals surface area (Å²) < 4.78 is 11.1. The number of hydrogen-bond acceptors (Lipinski definition) is 4. The summed E-state index contributed by atoms with van der Waals surface area (Å²) in [4.78, 5) is 8.41. The third kappa shape index (κ3) is 2.32. The van der Waals surface area contributed by atoms with Crippen molar-refractivity contribution in [3.05, 3.63) is 54.6 Å². The Morgan fingerprint density at radius 1 is 1.06 bits per heavy atom. The van der Waals surface area contributed by atoms with Gasteiger partial charge < -0.3 is 9.15 Å². The number of para-hydroxylation sites is 1. The molecule has 0 saturated carbocycles. The number of oxazole rings is 1. The van der Waals surface area contributed by atoms with E-state index in [2.05, 4.69) is 9.97 Å². The predicted molar refractivity (Wildman–Crippen MR) is 67.4 cm³/mol. The lowest BCUT2D eigenvalue weighted by Gasteiger charge is -2.03. The molecule has 3 aromatic rings. The van der Waals surface area contributed by atoms with Crippen molar-refractivity contribution in [2.24, 2.45) is 0 Å². The van der Waals surface area contributed by atoms with Gasteiger partial charge in [-0.25, -0.2) is 4.98 Å². The molecule has 0 radical (unpaired) electrons. The molecule has 0 aliphatic carbocycles. The Balaban J connectivity index is 1.63. The Labute approximate surface area is 104 Å². The molecule has 0 spiro atoms. The van der Waals surface area contributed by atoms with Crippen molar-refractivity contribution in [2.75, 3.05) is 6.61 Å². The first-order chi connectivity index (χ1) is 8.92. The topological polar surface area (TPSA) is 48.2 Å². The average molecular weight is 240 g/mol. The Morgan fingerprint density at radius 3 is 2.78 bits per heavy atom. The average Bonchev–Trinajstić information content (AvgIpc) is 2.82. The largest absolute Gasteiger partial charge is 0.493 e. The summed E-state index contributed by atoms with van der Waals surface area (Å²) in [5.41, 5.74) is 1.36. The van der Waals surface area contributed by atoms with Gasteiger partial charge in [-0.15, -0.1) is 0 Å². The summed E-state index contributed by atoms with van der Waals surface area (Å²) in [6.07, 6.45) is 2.33. The number of ether oxygens (including phenoxy) is 1. The number of rotatable bonds is 4. The first-order valence-corrected chi connectivity index (χ1v) is 5.80. The zero-order chi connectivity index (χ0) is 12.2. The van der Waals surface area contributed by atoms with Gasteiger partial charge in [0.05, 0.1) is 13.0 Å². The monoisotopic (exact) mass is 240 g/mol. The van der Waals surface area contributed by atoms with E-state index in [9.17, 15) is 0 Å². The summed E-state index contributed by atoms with van der Waals surface area (Å²) in [7, 11) is 0. The number of nitrogens with zero attached hydrogens (tertiary/aromatic N) is 2. The van der Waals surface area contributed by atoms with Gasteiger partial charge in [0.2, 0.25) is 0 Å². The maximum absolute atomic E-state index is 5.59. The molecule has 0 saturated heterocycles. The van der Waals surface area contributed by atoms with Crippen molar-refractivity contribution in [1.29, 1.82) is 0 Å². The Morgan fingerprint density at radius 2 is 1.94 bits per heavy atom.